The van der Waals surface area contributed by atoms with Gasteiger partial charge in [-0.1, -0.05) is 41.4 Å². The number of aryl methyl sites for hydroxylation is 1. The number of carbonyl (C=O) groups is 1. The van der Waals surface area contributed by atoms with E-state index in [1.807, 2.05) is 55.5 Å². The van der Waals surface area contributed by atoms with Gasteiger partial charge < -0.3 is 9.15 Å². The van der Waals surface area contributed by atoms with Crippen LogP contribution in [0.15, 0.2) is 71.3 Å². The molecule has 0 atom stereocenters. The molecule has 2 heterocycles. The average molecular weight is 439 g/mol. The average Bonchev–Trinajstić information content (AvgIpc) is 3.39. The molecule has 0 spiro atoms. The second-order valence-electron chi connectivity index (χ2n) is 6.76. The number of nitrogens with zero attached hydrogens (tertiary/aromatic N) is 1. The lowest BCUT2D eigenvalue weighted by atomic mass is 10.1. The normalized spacial score (nSPS) is 10.7. The minimum absolute atomic E-state index is 0.215. The lowest BCUT2D eigenvalue weighted by molar-refractivity contribution is 0.0992. The standard InChI is InChI=1S/C23H19ClN2O3S/c1-15-2-8-18(9-3-15)28-14-19-10-11-21(29-19)22(27)26-23-25-13-20(30-23)12-16-4-6-17(24)7-5-16/h2-11,13H,12,14H2,1H3,(H,25,26,27). The first-order valence-corrected chi connectivity index (χ1v) is 10.5. The second-order valence-corrected chi connectivity index (χ2v) is 8.31. The van der Waals surface area contributed by atoms with Gasteiger partial charge in [-0.25, -0.2) is 4.98 Å². The van der Waals surface area contributed by atoms with Gasteiger partial charge in [0, 0.05) is 22.5 Å². The Kier molecular flexibility index (Phi) is 6.16. The summed E-state index contributed by atoms with van der Waals surface area (Å²) in [4.78, 5) is 17.8. The summed E-state index contributed by atoms with van der Waals surface area (Å²) >= 11 is 7.35. The summed E-state index contributed by atoms with van der Waals surface area (Å²) in [6.07, 6.45) is 2.49. The van der Waals surface area contributed by atoms with Crippen LogP contribution >= 0.6 is 22.9 Å². The molecule has 2 aromatic heterocycles. The summed E-state index contributed by atoms with van der Waals surface area (Å²) in [5.74, 6) is 1.19. The fourth-order valence-electron chi connectivity index (χ4n) is 2.78. The maximum atomic E-state index is 12.5. The van der Waals surface area contributed by atoms with Crippen molar-refractivity contribution in [3.63, 3.8) is 0 Å². The van der Waals surface area contributed by atoms with E-state index in [1.165, 1.54) is 11.3 Å². The fraction of sp³-hybridized carbons (Fsp3) is 0.130. The molecule has 1 amide bonds. The molecule has 4 aromatic rings. The van der Waals surface area contributed by atoms with Crippen molar-refractivity contribution in [2.45, 2.75) is 20.0 Å². The Balaban J connectivity index is 1.32. The maximum Gasteiger partial charge on any atom is 0.293 e. The molecule has 4 rings (SSSR count). The van der Waals surface area contributed by atoms with Gasteiger partial charge in [-0.2, -0.15) is 0 Å². The minimum Gasteiger partial charge on any atom is -0.486 e. The van der Waals surface area contributed by atoms with E-state index in [0.29, 0.717) is 15.9 Å². The Labute approximate surface area is 183 Å². The summed E-state index contributed by atoms with van der Waals surface area (Å²) in [5.41, 5.74) is 2.29. The second kappa shape index (κ2) is 9.15. The van der Waals surface area contributed by atoms with E-state index >= 15 is 0 Å². The van der Waals surface area contributed by atoms with E-state index in [9.17, 15) is 4.79 Å². The summed E-state index contributed by atoms with van der Waals surface area (Å²) in [6.45, 7) is 2.27. The first-order valence-electron chi connectivity index (χ1n) is 9.34. The van der Waals surface area contributed by atoms with Crippen LogP contribution in [0.1, 0.15) is 32.3 Å². The number of amides is 1. The molecule has 30 heavy (non-hydrogen) atoms. The molecule has 0 bridgehead atoms. The molecule has 7 heteroatoms. The Morgan fingerprint density at radius 3 is 2.63 bits per heavy atom. The number of benzene rings is 2. The van der Waals surface area contributed by atoms with Gasteiger partial charge in [0.05, 0.1) is 0 Å². The molecule has 0 aliphatic rings. The molecular weight excluding hydrogens is 420 g/mol. The smallest absolute Gasteiger partial charge is 0.293 e. The number of furan rings is 1. The largest absolute Gasteiger partial charge is 0.486 e. The number of carbonyl (C=O) groups excluding carboxylic acids is 1. The minimum atomic E-state index is -0.344. The van der Waals surface area contributed by atoms with Crippen LogP contribution in [0.25, 0.3) is 0 Å². The van der Waals surface area contributed by atoms with Gasteiger partial charge in [0.25, 0.3) is 5.91 Å². The van der Waals surface area contributed by atoms with Crippen molar-refractivity contribution in [2.24, 2.45) is 0 Å². The lowest BCUT2D eigenvalue weighted by Crippen LogP contribution is -2.10. The molecule has 0 aliphatic heterocycles. The third-order valence-electron chi connectivity index (χ3n) is 4.35. The van der Waals surface area contributed by atoms with Crippen molar-refractivity contribution in [3.05, 3.63) is 99.4 Å². The Morgan fingerprint density at radius 2 is 1.87 bits per heavy atom. The number of nitrogens with one attached hydrogen (secondary N) is 1. The van der Waals surface area contributed by atoms with Crippen LogP contribution in [0, 0.1) is 6.92 Å². The zero-order valence-corrected chi connectivity index (χ0v) is 17.8. The summed E-state index contributed by atoms with van der Waals surface area (Å²) < 4.78 is 11.3. The Bertz CT molecular complexity index is 1130. The van der Waals surface area contributed by atoms with Crippen molar-refractivity contribution in [1.29, 1.82) is 0 Å². The molecule has 2 aromatic carbocycles. The van der Waals surface area contributed by atoms with Crippen molar-refractivity contribution in [1.82, 2.24) is 4.98 Å². The van der Waals surface area contributed by atoms with E-state index in [1.54, 1.807) is 18.3 Å². The fourth-order valence-corrected chi connectivity index (χ4v) is 3.74. The highest BCUT2D eigenvalue weighted by Crippen LogP contribution is 2.23. The van der Waals surface area contributed by atoms with Crippen LogP contribution in [0.3, 0.4) is 0 Å². The molecule has 5 nitrogen and oxygen atoms in total. The number of hydrogen-bond donors (Lipinski definition) is 1. The zero-order chi connectivity index (χ0) is 20.9. The maximum absolute atomic E-state index is 12.5. The van der Waals surface area contributed by atoms with E-state index in [4.69, 9.17) is 20.8 Å². The van der Waals surface area contributed by atoms with Gasteiger partial charge in [0.15, 0.2) is 10.9 Å². The SMILES string of the molecule is Cc1ccc(OCc2ccc(C(=O)Nc3ncc(Cc4ccc(Cl)cc4)s3)o2)cc1. The summed E-state index contributed by atoms with van der Waals surface area (Å²) in [6, 6.07) is 18.8. The lowest BCUT2D eigenvalue weighted by Gasteiger charge is -2.04. The van der Waals surface area contributed by atoms with E-state index in [0.717, 1.165) is 28.2 Å². The highest BCUT2D eigenvalue weighted by molar-refractivity contribution is 7.15. The van der Waals surface area contributed by atoms with Crippen LogP contribution in [0.2, 0.25) is 5.02 Å². The van der Waals surface area contributed by atoms with E-state index in [2.05, 4.69) is 10.3 Å². The van der Waals surface area contributed by atoms with Crippen LogP contribution < -0.4 is 10.1 Å². The van der Waals surface area contributed by atoms with Crippen LogP contribution in [-0.2, 0) is 13.0 Å². The molecule has 0 radical (unpaired) electrons. The van der Waals surface area contributed by atoms with Crippen molar-refractivity contribution >= 4 is 34.0 Å². The van der Waals surface area contributed by atoms with E-state index < -0.39 is 0 Å². The summed E-state index contributed by atoms with van der Waals surface area (Å²) in [7, 11) is 0. The first kappa shape index (κ1) is 20.2. The van der Waals surface area contributed by atoms with Crippen LogP contribution in [0.4, 0.5) is 5.13 Å². The number of aromatic nitrogens is 1. The number of rotatable bonds is 7. The zero-order valence-electron chi connectivity index (χ0n) is 16.2. The number of thiazole rings is 1. The molecule has 0 saturated heterocycles. The Hall–Kier alpha value is -3.09. The van der Waals surface area contributed by atoms with Crippen molar-refractivity contribution < 1.29 is 13.9 Å². The molecular formula is C23H19ClN2O3S. The third-order valence-corrected chi connectivity index (χ3v) is 5.52. The predicted molar refractivity (Wildman–Crippen MR) is 119 cm³/mol. The predicted octanol–water partition coefficient (Wildman–Crippen LogP) is 6.12. The molecule has 0 saturated carbocycles. The highest BCUT2D eigenvalue weighted by Gasteiger charge is 2.14. The van der Waals surface area contributed by atoms with Crippen LogP contribution in [0.5, 0.6) is 5.75 Å². The highest BCUT2D eigenvalue weighted by atomic mass is 35.5. The topological polar surface area (TPSA) is 64.4 Å². The molecule has 1 N–H and O–H groups in total. The number of ether oxygens (including phenoxy) is 1. The number of hydrogen-bond acceptors (Lipinski definition) is 5. The van der Waals surface area contributed by atoms with Gasteiger partial charge >= 0.3 is 0 Å². The quantitative estimate of drug-likeness (QED) is 0.377. The number of anilines is 1. The Morgan fingerprint density at radius 1 is 1.10 bits per heavy atom. The molecule has 0 aliphatic carbocycles. The van der Waals surface area contributed by atoms with Gasteiger partial charge in [-0.15, -0.1) is 11.3 Å². The third kappa shape index (κ3) is 5.28. The molecule has 152 valence electrons. The van der Waals surface area contributed by atoms with Gasteiger partial charge in [0.2, 0.25) is 0 Å². The summed E-state index contributed by atoms with van der Waals surface area (Å²) in [5, 5.41) is 4.01. The van der Waals surface area contributed by atoms with Gasteiger partial charge in [-0.3, -0.25) is 10.1 Å². The van der Waals surface area contributed by atoms with Gasteiger partial charge in [0.1, 0.15) is 18.1 Å². The monoisotopic (exact) mass is 438 g/mol. The van der Waals surface area contributed by atoms with E-state index in [-0.39, 0.29) is 18.3 Å². The first-order chi connectivity index (χ1) is 14.5. The number of halogens is 1. The van der Waals surface area contributed by atoms with Crippen molar-refractivity contribution in [3.8, 4) is 5.75 Å². The van der Waals surface area contributed by atoms with Crippen molar-refractivity contribution in [2.75, 3.05) is 5.32 Å². The van der Waals surface area contributed by atoms with Crippen LogP contribution in [-0.4, -0.2) is 10.9 Å². The molecule has 0 unspecified atom stereocenters. The molecule has 0 fully saturated rings. The van der Waals surface area contributed by atoms with Gasteiger partial charge in [-0.05, 0) is 48.9 Å².